The molecule has 0 bridgehead atoms. The van der Waals surface area contributed by atoms with Crippen LogP contribution >= 0.6 is 11.3 Å². The molecule has 1 aromatic carbocycles. The molecule has 3 rings (SSSR count). The predicted molar refractivity (Wildman–Crippen MR) is 105 cm³/mol. The lowest BCUT2D eigenvalue weighted by molar-refractivity contribution is -0.131. The maximum absolute atomic E-state index is 12.3. The number of benzene rings is 1. The van der Waals surface area contributed by atoms with E-state index in [0.29, 0.717) is 12.8 Å². The van der Waals surface area contributed by atoms with E-state index in [1.165, 1.54) is 11.1 Å². The summed E-state index contributed by atoms with van der Waals surface area (Å²) in [6.07, 6.45) is 3.45. The molecule has 1 aromatic heterocycles. The molecule has 4 nitrogen and oxygen atoms in total. The first-order valence-electron chi connectivity index (χ1n) is 9.25. The van der Waals surface area contributed by atoms with E-state index < -0.39 is 0 Å². The molecule has 2 aromatic rings. The van der Waals surface area contributed by atoms with E-state index >= 15 is 0 Å². The Morgan fingerprint density at radius 3 is 2.54 bits per heavy atom. The van der Waals surface area contributed by atoms with E-state index in [1.807, 2.05) is 22.4 Å². The zero-order valence-electron chi connectivity index (χ0n) is 15.2. The molecule has 1 fully saturated rings. The Bertz CT molecular complexity index is 717. The minimum atomic E-state index is 0.105. The summed E-state index contributed by atoms with van der Waals surface area (Å²) >= 11 is 1.62. The van der Waals surface area contributed by atoms with Crippen molar-refractivity contribution in [3.8, 4) is 0 Å². The molecule has 138 valence electrons. The Hall–Kier alpha value is -2.14. The van der Waals surface area contributed by atoms with Crippen LogP contribution in [0.5, 0.6) is 0 Å². The summed E-state index contributed by atoms with van der Waals surface area (Å²) in [6.45, 7) is 3.52. The molecule has 2 heterocycles. The van der Waals surface area contributed by atoms with E-state index in [0.717, 1.165) is 37.2 Å². The molecule has 1 aliphatic rings. The molecule has 26 heavy (non-hydrogen) atoms. The second-order valence-electron chi connectivity index (χ2n) is 6.96. The van der Waals surface area contributed by atoms with Crippen molar-refractivity contribution in [3.63, 3.8) is 0 Å². The van der Waals surface area contributed by atoms with Crippen LogP contribution in [0.25, 0.3) is 0 Å². The van der Waals surface area contributed by atoms with Crippen LogP contribution in [-0.2, 0) is 22.4 Å². The lowest BCUT2D eigenvalue weighted by Gasteiger charge is -2.32. The molecule has 0 spiro atoms. The highest BCUT2D eigenvalue weighted by Gasteiger charge is 2.23. The Balaban J connectivity index is 1.37. The van der Waals surface area contributed by atoms with Gasteiger partial charge >= 0.3 is 0 Å². The lowest BCUT2D eigenvalue weighted by atomic mass is 10.0. The van der Waals surface area contributed by atoms with Crippen LogP contribution in [0.15, 0.2) is 41.8 Å². The number of aryl methyl sites for hydroxylation is 2. The monoisotopic (exact) mass is 370 g/mol. The maximum atomic E-state index is 12.3. The molecule has 0 atom stereocenters. The van der Waals surface area contributed by atoms with E-state index in [2.05, 4.69) is 36.5 Å². The van der Waals surface area contributed by atoms with Gasteiger partial charge in [-0.05, 0) is 43.2 Å². The zero-order chi connectivity index (χ0) is 18.4. The summed E-state index contributed by atoms with van der Waals surface area (Å²) in [5.74, 6) is 0.297. The van der Waals surface area contributed by atoms with Crippen LogP contribution < -0.4 is 5.32 Å². The third kappa shape index (κ3) is 5.43. The Labute approximate surface area is 159 Å². The number of nitrogens with one attached hydrogen (secondary N) is 1. The average molecular weight is 371 g/mol. The number of thiophene rings is 1. The van der Waals surface area contributed by atoms with Crippen LogP contribution in [0.2, 0.25) is 0 Å². The number of nitrogens with zero attached hydrogens (tertiary/aromatic N) is 1. The zero-order valence-corrected chi connectivity index (χ0v) is 16.1. The topological polar surface area (TPSA) is 49.4 Å². The van der Waals surface area contributed by atoms with Gasteiger partial charge in [0, 0.05) is 30.4 Å². The maximum Gasteiger partial charge on any atom is 0.227 e. The van der Waals surface area contributed by atoms with Crippen molar-refractivity contribution in [2.24, 2.45) is 0 Å². The van der Waals surface area contributed by atoms with Crippen molar-refractivity contribution in [1.82, 2.24) is 10.2 Å². The lowest BCUT2D eigenvalue weighted by Crippen LogP contribution is -2.46. The van der Waals surface area contributed by atoms with E-state index in [-0.39, 0.29) is 17.9 Å². The number of carbonyl (C=O) groups excluding carboxylic acids is 2. The molecule has 2 amide bonds. The van der Waals surface area contributed by atoms with E-state index in [1.54, 1.807) is 11.3 Å². The van der Waals surface area contributed by atoms with Crippen molar-refractivity contribution in [3.05, 3.63) is 57.8 Å². The average Bonchev–Trinajstić information content (AvgIpc) is 3.15. The SMILES string of the molecule is Cc1ccc(CCC(=O)NC2CCN(C(=O)Cc3cccs3)CC2)cc1. The van der Waals surface area contributed by atoms with Gasteiger partial charge in [-0.2, -0.15) is 0 Å². The normalized spacial score (nSPS) is 15.0. The molecule has 0 radical (unpaired) electrons. The number of carbonyl (C=O) groups is 2. The second kappa shape index (κ2) is 8.99. The molecule has 1 aliphatic heterocycles. The summed E-state index contributed by atoms with van der Waals surface area (Å²) < 4.78 is 0. The van der Waals surface area contributed by atoms with Gasteiger partial charge in [0.1, 0.15) is 0 Å². The third-order valence-electron chi connectivity index (χ3n) is 4.88. The van der Waals surface area contributed by atoms with Crippen molar-refractivity contribution in [2.45, 2.75) is 45.1 Å². The van der Waals surface area contributed by atoms with Crippen molar-refractivity contribution < 1.29 is 9.59 Å². The number of hydrogen-bond acceptors (Lipinski definition) is 3. The molecule has 1 saturated heterocycles. The number of hydrogen-bond donors (Lipinski definition) is 1. The highest BCUT2D eigenvalue weighted by Crippen LogP contribution is 2.15. The first-order valence-corrected chi connectivity index (χ1v) is 10.1. The first-order chi connectivity index (χ1) is 12.6. The molecule has 5 heteroatoms. The molecule has 1 N–H and O–H groups in total. The third-order valence-corrected chi connectivity index (χ3v) is 5.76. The van der Waals surface area contributed by atoms with Gasteiger partial charge in [0.2, 0.25) is 11.8 Å². The van der Waals surface area contributed by atoms with Crippen LogP contribution in [-0.4, -0.2) is 35.8 Å². The second-order valence-corrected chi connectivity index (χ2v) is 8.00. The fourth-order valence-electron chi connectivity index (χ4n) is 3.26. The fourth-order valence-corrected chi connectivity index (χ4v) is 3.96. The smallest absolute Gasteiger partial charge is 0.227 e. The van der Waals surface area contributed by atoms with Crippen molar-refractivity contribution in [1.29, 1.82) is 0 Å². The van der Waals surface area contributed by atoms with Crippen LogP contribution in [0.4, 0.5) is 0 Å². The summed E-state index contributed by atoms with van der Waals surface area (Å²) in [5.41, 5.74) is 2.43. The summed E-state index contributed by atoms with van der Waals surface area (Å²) in [5, 5.41) is 5.13. The van der Waals surface area contributed by atoms with Crippen molar-refractivity contribution in [2.75, 3.05) is 13.1 Å². The molecular formula is C21H26N2O2S. The van der Waals surface area contributed by atoms with Gasteiger partial charge in [-0.25, -0.2) is 0 Å². The highest BCUT2D eigenvalue weighted by atomic mass is 32.1. The van der Waals surface area contributed by atoms with Gasteiger partial charge in [0.25, 0.3) is 0 Å². The van der Waals surface area contributed by atoms with Crippen LogP contribution in [0.3, 0.4) is 0 Å². The molecule has 0 unspecified atom stereocenters. The summed E-state index contributed by atoms with van der Waals surface area (Å²) in [7, 11) is 0. The van der Waals surface area contributed by atoms with Gasteiger partial charge in [0.05, 0.1) is 6.42 Å². The Morgan fingerprint density at radius 2 is 1.88 bits per heavy atom. The quantitative estimate of drug-likeness (QED) is 0.848. The van der Waals surface area contributed by atoms with Gasteiger partial charge in [-0.1, -0.05) is 35.9 Å². The van der Waals surface area contributed by atoms with Gasteiger partial charge in [-0.15, -0.1) is 11.3 Å². The molecule has 0 aliphatic carbocycles. The predicted octanol–water partition coefficient (Wildman–Crippen LogP) is 3.34. The number of piperidine rings is 1. The first kappa shape index (κ1) is 18.6. The van der Waals surface area contributed by atoms with Crippen molar-refractivity contribution >= 4 is 23.2 Å². The van der Waals surface area contributed by atoms with Gasteiger partial charge < -0.3 is 10.2 Å². The van der Waals surface area contributed by atoms with Gasteiger partial charge in [-0.3, -0.25) is 9.59 Å². The Kier molecular flexibility index (Phi) is 6.45. The number of amides is 2. The highest BCUT2D eigenvalue weighted by molar-refractivity contribution is 7.10. The van der Waals surface area contributed by atoms with Crippen LogP contribution in [0, 0.1) is 6.92 Å². The minimum absolute atomic E-state index is 0.105. The van der Waals surface area contributed by atoms with Gasteiger partial charge in [0.15, 0.2) is 0 Å². The van der Waals surface area contributed by atoms with Crippen LogP contribution in [0.1, 0.15) is 35.3 Å². The Morgan fingerprint density at radius 1 is 1.15 bits per heavy atom. The molecule has 0 saturated carbocycles. The largest absolute Gasteiger partial charge is 0.353 e. The number of likely N-dealkylation sites (tertiary alicyclic amines) is 1. The van der Waals surface area contributed by atoms with E-state index in [9.17, 15) is 9.59 Å². The minimum Gasteiger partial charge on any atom is -0.353 e. The summed E-state index contributed by atoms with van der Waals surface area (Å²) in [6, 6.07) is 12.5. The summed E-state index contributed by atoms with van der Waals surface area (Å²) in [4.78, 5) is 27.5. The fraction of sp³-hybridized carbons (Fsp3) is 0.429. The standard InChI is InChI=1S/C21H26N2O2S/c1-16-4-6-17(7-5-16)8-9-20(24)22-18-10-12-23(13-11-18)21(25)15-19-3-2-14-26-19/h2-7,14,18H,8-13,15H2,1H3,(H,22,24). The number of rotatable bonds is 6. The molecular weight excluding hydrogens is 344 g/mol. The van der Waals surface area contributed by atoms with E-state index in [4.69, 9.17) is 0 Å².